The van der Waals surface area contributed by atoms with Gasteiger partial charge in [-0.25, -0.2) is 19.6 Å². The van der Waals surface area contributed by atoms with Gasteiger partial charge in [0, 0.05) is 60.5 Å². The second-order valence-electron chi connectivity index (χ2n) is 13.2. The molecule has 4 aromatic rings. The Balaban J connectivity index is 0.000000192. The number of ether oxygens (including phenoxy) is 1. The maximum absolute atomic E-state index is 12.5. The number of H-pyrrole nitrogens is 2. The van der Waals surface area contributed by atoms with Gasteiger partial charge in [-0.3, -0.25) is 0 Å². The number of aromatic carboxylic acids is 1. The number of carboxylic acids is 1. The molecule has 6 rings (SSSR count). The van der Waals surface area contributed by atoms with Crippen LogP contribution in [0.1, 0.15) is 111 Å². The fourth-order valence-electron chi connectivity index (χ4n) is 7.23. The number of carbonyl (C=O) groups is 2. The van der Waals surface area contributed by atoms with Crippen LogP contribution in [0, 0.1) is 34.5 Å². The van der Waals surface area contributed by atoms with Gasteiger partial charge in [0.1, 0.15) is 22.4 Å². The molecule has 0 radical (unpaired) electrons. The number of hydrogen-bond donors (Lipinski definition) is 5. The van der Waals surface area contributed by atoms with Gasteiger partial charge in [0.15, 0.2) is 0 Å². The number of hydrogen-bond acceptors (Lipinski definition) is 9. The molecule has 0 bridgehead atoms. The number of carboxylic acid groups (broad SMARTS) is 1. The minimum Gasteiger partial charge on any atom is -0.478 e. The first-order valence-corrected chi connectivity index (χ1v) is 17.5. The topological polar surface area (TPSA) is 193 Å². The number of esters is 1. The van der Waals surface area contributed by atoms with Gasteiger partial charge in [-0.2, -0.15) is 10.5 Å². The summed E-state index contributed by atoms with van der Waals surface area (Å²) in [6.07, 6.45) is 19.2. The van der Waals surface area contributed by atoms with E-state index < -0.39 is 5.97 Å². The van der Waals surface area contributed by atoms with E-state index in [0.29, 0.717) is 54.2 Å². The summed E-state index contributed by atoms with van der Waals surface area (Å²) < 4.78 is 5.34. The van der Waals surface area contributed by atoms with Gasteiger partial charge >= 0.3 is 11.9 Å². The molecule has 4 atom stereocenters. The van der Waals surface area contributed by atoms with Gasteiger partial charge in [0.2, 0.25) is 0 Å². The van der Waals surface area contributed by atoms with E-state index in [1.165, 1.54) is 12.6 Å². The third-order valence-electron chi connectivity index (χ3n) is 9.65. The van der Waals surface area contributed by atoms with Crippen molar-refractivity contribution in [3.8, 4) is 12.1 Å². The Bertz CT molecular complexity index is 1800. The second kappa shape index (κ2) is 17.3. The quantitative estimate of drug-likeness (QED) is 0.0927. The molecule has 4 aromatic heterocycles. The first-order valence-electron chi connectivity index (χ1n) is 17.5. The van der Waals surface area contributed by atoms with E-state index in [1.807, 2.05) is 25.3 Å². The van der Waals surface area contributed by atoms with E-state index >= 15 is 0 Å². The Labute approximate surface area is 286 Å². The molecule has 2 saturated carbocycles. The van der Waals surface area contributed by atoms with E-state index in [4.69, 9.17) is 15.3 Å². The Kier molecular flexibility index (Phi) is 12.5. The second-order valence-corrected chi connectivity index (χ2v) is 13.2. The van der Waals surface area contributed by atoms with Gasteiger partial charge < -0.3 is 30.4 Å². The SMILES string of the molecule is CCCOC(=O)c1cnc2[nH]ccc2c1N[C@H]1CCC[C@H](CCC#N)C1.N#CCC[C@H]1CCC[C@H](Nc2c(C(=O)O)cnc3[nH]ccc23)C1. The monoisotopic (exact) mass is 666 g/mol. The van der Waals surface area contributed by atoms with Crippen molar-refractivity contribution in [2.24, 2.45) is 11.8 Å². The average Bonchev–Trinajstić information content (AvgIpc) is 3.80. The first-order chi connectivity index (χ1) is 23.9. The molecule has 0 saturated heterocycles. The van der Waals surface area contributed by atoms with Crippen molar-refractivity contribution in [2.45, 2.75) is 102 Å². The lowest BCUT2D eigenvalue weighted by atomic mass is 9.83. The number of rotatable bonds is 12. The molecule has 0 aliphatic heterocycles. The zero-order valence-electron chi connectivity index (χ0n) is 28.1. The van der Waals surface area contributed by atoms with Crippen LogP contribution in [0.3, 0.4) is 0 Å². The van der Waals surface area contributed by atoms with Crippen molar-refractivity contribution in [2.75, 3.05) is 17.2 Å². The van der Waals surface area contributed by atoms with E-state index in [-0.39, 0.29) is 17.6 Å². The number of aromatic nitrogens is 4. The summed E-state index contributed by atoms with van der Waals surface area (Å²) in [4.78, 5) is 38.6. The van der Waals surface area contributed by atoms with E-state index in [1.54, 1.807) is 12.4 Å². The van der Waals surface area contributed by atoms with Crippen LogP contribution in [-0.4, -0.2) is 55.7 Å². The number of fused-ring (bicyclic) bond motifs is 2. The van der Waals surface area contributed by atoms with Crippen LogP contribution in [0.4, 0.5) is 11.4 Å². The van der Waals surface area contributed by atoms with Crippen LogP contribution in [0.25, 0.3) is 22.1 Å². The summed E-state index contributed by atoms with van der Waals surface area (Å²) >= 11 is 0. The lowest BCUT2D eigenvalue weighted by Crippen LogP contribution is -2.28. The number of nitrogens with zero attached hydrogens (tertiary/aromatic N) is 4. The molecule has 0 aromatic carbocycles. The molecule has 12 nitrogen and oxygen atoms in total. The van der Waals surface area contributed by atoms with Crippen LogP contribution < -0.4 is 10.6 Å². The Hall–Kier alpha value is -5.10. The molecule has 2 fully saturated rings. The van der Waals surface area contributed by atoms with Gasteiger partial charge in [0.25, 0.3) is 0 Å². The van der Waals surface area contributed by atoms with Gasteiger partial charge in [0.05, 0.1) is 30.1 Å². The normalized spacial score (nSPS) is 20.4. The van der Waals surface area contributed by atoms with Crippen LogP contribution in [-0.2, 0) is 4.74 Å². The zero-order chi connectivity index (χ0) is 34.6. The summed E-state index contributed by atoms with van der Waals surface area (Å²) in [6, 6.07) is 8.80. The molecule has 0 unspecified atom stereocenters. The van der Waals surface area contributed by atoms with Crippen molar-refractivity contribution >= 4 is 45.4 Å². The number of anilines is 2. The maximum Gasteiger partial charge on any atom is 0.341 e. The molecule has 0 amide bonds. The van der Waals surface area contributed by atoms with E-state index in [9.17, 15) is 14.7 Å². The lowest BCUT2D eigenvalue weighted by Gasteiger charge is -2.30. The number of nitrogens with one attached hydrogen (secondary N) is 4. The molecule has 12 heteroatoms. The first kappa shape index (κ1) is 35.2. The summed E-state index contributed by atoms with van der Waals surface area (Å²) in [5.74, 6) is -0.195. The van der Waals surface area contributed by atoms with Crippen molar-refractivity contribution in [3.63, 3.8) is 0 Å². The number of nitriles is 2. The van der Waals surface area contributed by atoms with Gasteiger partial charge in [-0.15, -0.1) is 0 Å². The third-order valence-corrected chi connectivity index (χ3v) is 9.65. The highest BCUT2D eigenvalue weighted by Gasteiger charge is 2.26. The van der Waals surface area contributed by atoms with Crippen molar-refractivity contribution in [3.05, 3.63) is 48.0 Å². The minimum atomic E-state index is -0.972. The lowest BCUT2D eigenvalue weighted by molar-refractivity contribution is 0.0505. The molecule has 4 heterocycles. The standard InChI is InChI=1S/C20H26N4O2.C17H20N4O2/c1-2-11-26-20(25)17-13-23-19-16(8-10-22-19)18(17)24-15-7-3-5-14(12-15)6-4-9-21;18-7-2-4-11-3-1-5-12(9-11)21-15-13-6-8-19-16(13)20-10-14(15)17(22)23/h8,10,13-15H,2-7,11-12H2,1H3,(H2,22,23,24);6,8,10-12H,1-5,9H2,(H,22,23)(H2,19,20,21)/t14-,15+;11-,12+/m11/s1. The fourth-order valence-corrected chi connectivity index (χ4v) is 7.23. The van der Waals surface area contributed by atoms with Crippen LogP contribution in [0.5, 0.6) is 0 Å². The molecular weight excluding hydrogens is 620 g/mol. The third kappa shape index (κ3) is 9.08. The Morgan fingerprint density at radius 3 is 1.86 bits per heavy atom. The summed E-state index contributed by atoms with van der Waals surface area (Å²) in [6.45, 7) is 2.38. The number of pyridine rings is 2. The van der Waals surface area contributed by atoms with Crippen molar-refractivity contribution in [1.82, 2.24) is 19.9 Å². The smallest absolute Gasteiger partial charge is 0.341 e. The Morgan fingerprint density at radius 1 is 0.857 bits per heavy atom. The minimum absolute atomic E-state index is 0.205. The predicted octanol–water partition coefficient (Wildman–Crippen LogP) is 7.94. The molecule has 49 heavy (non-hydrogen) atoms. The number of carbonyl (C=O) groups excluding carboxylic acids is 1. The predicted molar refractivity (Wildman–Crippen MR) is 188 cm³/mol. The molecule has 5 N–H and O–H groups in total. The van der Waals surface area contributed by atoms with Gasteiger partial charge in [-0.05, 0) is 68.9 Å². The highest BCUT2D eigenvalue weighted by atomic mass is 16.5. The molecule has 258 valence electrons. The van der Waals surface area contributed by atoms with Crippen molar-refractivity contribution < 1.29 is 19.4 Å². The van der Waals surface area contributed by atoms with E-state index in [2.05, 4.69) is 42.7 Å². The highest BCUT2D eigenvalue weighted by molar-refractivity contribution is 6.05. The summed E-state index contributed by atoms with van der Waals surface area (Å²) in [5, 5.41) is 35.8. The average molecular weight is 667 g/mol. The van der Waals surface area contributed by atoms with Crippen molar-refractivity contribution in [1.29, 1.82) is 10.5 Å². The van der Waals surface area contributed by atoms with Crippen LogP contribution in [0.15, 0.2) is 36.9 Å². The largest absolute Gasteiger partial charge is 0.478 e. The number of aromatic amines is 2. The molecule has 2 aliphatic carbocycles. The fraction of sp³-hybridized carbons (Fsp3) is 0.514. The summed E-state index contributed by atoms with van der Waals surface area (Å²) in [5.41, 5.74) is 3.60. The molecule has 0 spiro atoms. The maximum atomic E-state index is 12.5. The molecular formula is C37H46N8O4. The highest BCUT2D eigenvalue weighted by Crippen LogP contribution is 2.34. The van der Waals surface area contributed by atoms with Crippen LogP contribution in [0.2, 0.25) is 0 Å². The van der Waals surface area contributed by atoms with Crippen LogP contribution >= 0.6 is 0 Å². The summed E-state index contributed by atoms with van der Waals surface area (Å²) in [7, 11) is 0. The molecule has 2 aliphatic rings. The Morgan fingerprint density at radius 2 is 1.37 bits per heavy atom. The zero-order valence-corrected chi connectivity index (χ0v) is 28.1. The van der Waals surface area contributed by atoms with E-state index in [0.717, 1.165) is 86.3 Å². The van der Waals surface area contributed by atoms with Gasteiger partial charge in [-0.1, -0.05) is 32.6 Å².